The molecule has 1 aromatic carbocycles. The Balaban J connectivity index is 2.19. The van der Waals surface area contributed by atoms with E-state index >= 15 is 0 Å². The molecule has 1 aromatic heterocycles. The van der Waals surface area contributed by atoms with E-state index in [1.807, 2.05) is 0 Å². The van der Waals surface area contributed by atoms with Crippen LogP contribution in [-0.2, 0) is 15.6 Å². The van der Waals surface area contributed by atoms with Crippen molar-refractivity contribution in [3.63, 3.8) is 0 Å². The molecule has 1 N–H and O–H groups in total. The van der Waals surface area contributed by atoms with Crippen molar-refractivity contribution in [2.45, 2.75) is 43.8 Å². The molecule has 3 rings (SSSR count). The maximum Gasteiger partial charge on any atom is 0.573 e. The molecule has 0 amide bonds. The van der Waals surface area contributed by atoms with Gasteiger partial charge >= 0.3 is 6.36 Å². The predicted octanol–water partition coefficient (Wildman–Crippen LogP) is 3.86. The number of hydrogen-bond acceptors (Lipinski definition) is 5. The van der Waals surface area contributed by atoms with Gasteiger partial charge in [-0.1, -0.05) is 6.07 Å². The fourth-order valence-electron chi connectivity index (χ4n) is 3.06. The molecule has 11 heteroatoms. The molecule has 0 saturated heterocycles. The monoisotopic (exact) mass is 448 g/mol. The number of benzene rings is 1. The first-order valence-corrected chi connectivity index (χ1v) is 10.4. The second-order valence-electron chi connectivity index (χ2n) is 7.76. The van der Waals surface area contributed by atoms with Crippen molar-refractivity contribution in [1.29, 1.82) is 0 Å². The van der Waals surface area contributed by atoms with Gasteiger partial charge in [0.25, 0.3) is 0 Å². The summed E-state index contributed by atoms with van der Waals surface area (Å²) < 4.78 is 88.6. The van der Waals surface area contributed by atoms with E-state index in [2.05, 4.69) is 14.4 Å². The fraction of sp³-hybridized carbons (Fsp3) is 0.421. The van der Waals surface area contributed by atoms with Gasteiger partial charge in [0.1, 0.15) is 17.0 Å². The number of aromatic nitrogens is 1. The number of fused-ring (bicyclic) bond motifs is 1. The zero-order valence-electron chi connectivity index (χ0n) is 16.4. The van der Waals surface area contributed by atoms with Crippen LogP contribution < -0.4 is 14.2 Å². The van der Waals surface area contributed by atoms with Crippen LogP contribution in [0.25, 0.3) is 0 Å². The molecule has 1 aliphatic rings. The standard InChI is InChI=1S/C19H20F4N2O4S/c1-17(2,3)30(26,27)25-18(8-10-28-15-5-4-9-24-16(15)18)12-6-7-14(13(20)11-12)29-19(21,22)23/h4-7,9,11,25H,8,10H2,1-3H3/t18-/m0/s1. The van der Waals surface area contributed by atoms with Crippen LogP contribution in [0.5, 0.6) is 11.5 Å². The predicted molar refractivity (Wildman–Crippen MR) is 100 cm³/mol. The zero-order chi connectivity index (χ0) is 22.4. The number of rotatable bonds is 4. The smallest absolute Gasteiger partial charge is 0.491 e. The summed E-state index contributed by atoms with van der Waals surface area (Å²) in [5.74, 6) is -2.02. The van der Waals surface area contributed by atoms with Crippen molar-refractivity contribution in [2.24, 2.45) is 0 Å². The van der Waals surface area contributed by atoms with E-state index in [0.29, 0.717) is 0 Å². The second-order valence-corrected chi connectivity index (χ2v) is 10.2. The van der Waals surface area contributed by atoms with Crippen LogP contribution in [0.2, 0.25) is 0 Å². The highest BCUT2D eigenvalue weighted by atomic mass is 32.2. The lowest BCUT2D eigenvalue weighted by Crippen LogP contribution is -2.54. The maximum atomic E-state index is 14.5. The molecule has 0 spiro atoms. The molecule has 0 aliphatic carbocycles. The van der Waals surface area contributed by atoms with Crippen LogP contribution in [0.3, 0.4) is 0 Å². The minimum absolute atomic E-state index is 0.0469. The first kappa shape index (κ1) is 22.3. The van der Waals surface area contributed by atoms with Crippen LogP contribution in [-0.4, -0.2) is 31.1 Å². The normalized spacial score (nSPS) is 19.7. The molecule has 0 unspecified atom stereocenters. The molecular weight excluding hydrogens is 428 g/mol. The number of ether oxygens (including phenoxy) is 2. The van der Waals surface area contributed by atoms with Gasteiger partial charge in [-0.05, 0) is 50.6 Å². The Bertz CT molecular complexity index is 1050. The largest absolute Gasteiger partial charge is 0.573 e. The van der Waals surface area contributed by atoms with Crippen molar-refractivity contribution in [1.82, 2.24) is 9.71 Å². The highest BCUT2D eigenvalue weighted by Gasteiger charge is 2.47. The van der Waals surface area contributed by atoms with Gasteiger partial charge in [0, 0.05) is 12.6 Å². The van der Waals surface area contributed by atoms with Gasteiger partial charge < -0.3 is 9.47 Å². The molecule has 2 aromatic rings. The van der Waals surface area contributed by atoms with Crippen molar-refractivity contribution < 1.29 is 35.5 Å². The Morgan fingerprint density at radius 3 is 2.50 bits per heavy atom. The molecule has 2 heterocycles. The summed E-state index contributed by atoms with van der Waals surface area (Å²) in [6.45, 7) is 4.54. The molecule has 164 valence electrons. The highest BCUT2D eigenvalue weighted by Crippen LogP contribution is 2.43. The Kier molecular flexibility index (Phi) is 5.48. The van der Waals surface area contributed by atoms with Crippen LogP contribution in [0.4, 0.5) is 17.6 Å². The van der Waals surface area contributed by atoms with E-state index in [9.17, 15) is 26.0 Å². The quantitative estimate of drug-likeness (QED) is 0.719. The third-order valence-corrected chi connectivity index (χ3v) is 6.90. The van der Waals surface area contributed by atoms with E-state index in [4.69, 9.17) is 4.74 Å². The molecule has 0 fully saturated rings. The number of sulfonamides is 1. The van der Waals surface area contributed by atoms with Crippen LogP contribution >= 0.6 is 0 Å². The van der Waals surface area contributed by atoms with Crippen LogP contribution in [0.15, 0.2) is 36.5 Å². The average molecular weight is 448 g/mol. The highest BCUT2D eigenvalue weighted by molar-refractivity contribution is 7.90. The molecular formula is C19H20F4N2O4S. The number of hydrogen-bond donors (Lipinski definition) is 1. The van der Waals surface area contributed by atoms with Gasteiger partial charge in [-0.3, -0.25) is 4.98 Å². The van der Waals surface area contributed by atoms with Gasteiger partial charge in [0.2, 0.25) is 10.0 Å². The van der Waals surface area contributed by atoms with Crippen molar-refractivity contribution in [3.8, 4) is 11.5 Å². The SMILES string of the molecule is CC(C)(C)S(=O)(=O)N[C@]1(c2ccc(OC(F)(F)F)c(F)c2)CCOc2cccnc21. The third-order valence-electron chi connectivity index (χ3n) is 4.67. The Morgan fingerprint density at radius 2 is 1.90 bits per heavy atom. The first-order valence-electron chi connectivity index (χ1n) is 8.93. The number of nitrogens with one attached hydrogen (secondary N) is 1. The number of alkyl halides is 3. The average Bonchev–Trinajstić information content (AvgIpc) is 2.61. The van der Waals surface area contributed by atoms with E-state index in [0.717, 1.165) is 12.1 Å². The number of pyridine rings is 1. The summed E-state index contributed by atoms with van der Waals surface area (Å²) in [5.41, 5.74) is -1.28. The van der Waals surface area contributed by atoms with E-state index in [1.165, 1.54) is 33.0 Å². The lowest BCUT2D eigenvalue weighted by atomic mass is 9.82. The molecule has 1 aliphatic heterocycles. The third kappa shape index (κ3) is 4.22. The second kappa shape index (κ2) is 7.38. The van der Waals surface area contributed by atoms with E-state index in [-0.39, 0.29) is 30.0 Å². The minimum Gasteiger partial charge on any atom is -0.491 e. The maximum absolute atomic E-state index is 14.5. The summed E-state index contributed by atoms with van der Waals surface area (Å²) in [6, 6.07) is 5.98. The molecule has 30 heavy (non-hydrogen) atoms. The summed E-state index contributed by atoms with van der Waals surface area (Å²) in [5, 5.41) is 0. The summed E-state index contributed by atoms with van der Waals surface area (Å²) >= 11 is 0. The van der Waals surface area contributed by atoms with Crippen LogP contribution in [0, 0.1) is 5.82 Å². The summed E-state index contributed by atoms with van der Waals surface area (Å²) in [6.07, 6.45) is -3.60. The molecule has 1 atom stereocenters. The topological polar surface area (TPSA) is 77.5 Å². The zero-order valence-corrected chi connectivity index (χ0v) is 17.2. The number of halogens is 4. The van der Waals surface area contributed by atoms with E-state index in [1.54, 1.807) is 12.1 Å². The van der Waals surface area contributed by atoms with Gasteiger partial charge in [-0.2, -0.15) is 4.72 Å². The van der Waals surface area contributed by atoms with Gasteiger partial charge in [-0.15, -0.1) is 13.2 Å². The minimum atomic E-state index is -5.07. The Labute approximate surface area is 171 Å². The molecule has 6 nitrogen and oxygen atoms in total. The van der Waals surface area contributed by atoms with Gasteiger partial charge in [-0.25, -0.2) is 12.8 Å². The van der Waals surface area contributed by atoms with Crippen molar-refractivity contribution >= 4 is 10.0 Å². The Morgan fingerprint density at radius 1 is 1.20 bits per heavy atom. The molecule has 0 saturated carbocycles. The lowest BCUT2D eigenvalue weighted by molar-refractivity contribution is -0.275. The Hall–Kier alpha value is -2.40. The van der Waals surface area contributed by atoms with E-state index < -0.39 is 38.2 Å². The first-order chi connectivity index (χ1) is 13.8. The van der Waals surface area contributed by atoms with Gasteiger partial charge in [0.05, 0.1) is 11.4 Å². The lowest BCUT2D eigenvalue weighted by Gasteiger charge is -2.40. The summed E-state index contributed by atoms with van der Waals surface area (Å²) in [7, 11) is -3.98. The van der Waals surface area contributed by atoms with Crippen molar-refractivity contribution in [3.05, 3.63) is 53.6 Å². The van der Waals surface area contributed by atoms with Crippen LogP contribution in [0.1, 0.15) is 38.4 Å². The van der Waals surface area contributed by atoms with Gasteiger partial charge in [0.15, 0.2) is 11.6 Å². The number of nitrogens with zero attached hydrogens (tertiary/aromatic N) is 1. The van der Waals surface area contributed by atoms with Crippen molar-refractivity contribution in [2.75, 3.05) is 6.61 Å². The molecule has 0 bridgehead atoms. The fourth-order valence-corrected chi connectivity index (χ4v) is 4.14. The molecule has 0 radical (unpaired) electrons. The summed E-state index contributed by atoms with van der Waals surface area (Å²) in [4.78, 5) is 4.24.